The Morgan fingerprint density at radius 1 is 1.24 bits per heavy atom. The van der Waals surface area contributed by atoms with Gasteiger partial charge < -0.3 is 4.90 Å². The maximum Gasteiger partial charge on any atom is 0.150 e. The van der Waals surface area contributed by atoms with Crippen molar-refractivity contribution in [3.63, 3.8) is 0 Å². The zero-order chi connectivity index (χ0) is 12.4. The van der Waals surface area contributed by atoms with E-state index in [1.54, 1.807) is 0 Å². The predicted octanol–water partition coefficient (Wildman–Crippen LogP) is 3.02. The molecule has 0 saturated heterocycles. The molecule has 2 heteroatoms. The third kappa shape index (κ3) is 2.22. The fraction of sp³-hybridized carbons (Fsp3) is 0.267. The second-order valence-electron chi connectivity index (χ2n) is 4.65. The van der Waals surface area contributed by atoms with Gasteiger partial charge in [-0.05, 0) is 49.0 Å². The molecule has 0 heterocycles. The Hall–Kier alpha value is -1.67. The summed E-state index contributed by atoms with van der Waals surface area (Å²) in [6, 6.07) is 10.2. The predicted molar refractivity (Wildman–Crippen MR) is 71.5 cm³/mol. The van der Waals surface area contributed by atoms with Gasteiger partial charge in [0.25, 0.3) is 0 Å². The highest BCUT2D eigenvalue weighted by atomic mass is 16.1. The smallest absolute Gasteiger partial charge is 0.150 e. The molecule has 0 saturated carbocycles. The Bertz CT molecular complexity index is 558. The van der Waals surface area contributed by atoms with Crippen molar-refractivity contribution in [2.75, 3.05) is 14.1 Å². The summed E-state index contributed by atoms with van der Waals surface area (Å²) in [7, 11) is 4.07. The summed E-state index contributed by atoms with van der Waals surface area (Å²) in [4.78, 5) is 13.4. The van der Waals surface area contributed by atoms with E-state index >= 15 is 0 Å². The monoisotopic (exact) mass is 227 g/mol. The maximum atomic E-state index is 11.3. The molecular formula is C15H17NO. The third-order valence-corrected chi connectivity index (χ3v) is 3.07. The van der Waals surface area contributed by atoms with E-state index in [9.17, 15) is 4.79 Å². The number of nitrogens with zero attached hydrogens (tertiary/aromatic N) is 1. The summed E-state index contributed by atoms with van der Waals surface area (Å²) in [5.41, 5.74) is 3.13. The van der Waals surface area contributed by atoms with Crippen LogP contribution in [0, 0.1) is 6.92 Å². The molecule has 2 aromatic carbocycles. The lowest BCUT2D eigenvalue weighted by Crippen LogP contribution is -2.12. The highest BCUT2D eigenvalue weighted by Crippen LogP contribution is 2.25. The highest BCUT2D eigenvalue weighted by Gasteiger charge is 2.09. The first-order valence-electron chi connectivity index (χ1n) is 5.74. The van der Waals surface area contributed by atoms with E-state index in [1.807, 2.05) is 39.2 Å². The van der Waals surface area contributed by atoms with E-state index in [1.165, 1.54) is 5.56 Å². The van der Waals surface area contributed by atoms with Crippen molar-refractivity contribution in [2.24, 2.45) is 0 Å². The molecule has 88 valence electrons. The van der Waals surface area contributed by atoms with Crippen molar-refractivity contribution < 1.29 is 4.79 Å². The molecule has 0 aliphatic heterocycles. The molecule has 0 aliphatic carbocycles. The van der Waals surface area contributed by atoms with Crippen LogP contribution in [-0.2, 0) is 6.54 Å². The van der Waals surface area contributed by atoms with Gasteiger partial charge in [-0.3, -0.25) is 4.79 Å². The molecule has 0 atom stereocenters. The van der Waals surface area contributed by atoms with Crippen molar-refractivity contribution in [2.45, 2.75) is 13.5 Å². The summed E-state index contributed by atoms with van der Waals surface area (Å²) in [5.74, 6) is 0. The molecule has 2 aromatic rings. The van der Waals surface area contributed by atoms with Crippen LogP contribution in [0.3, 0.4) is 0 Å². The van der Waals surface area contributed by atoms with Crippen LogP contribution in [0.1, 0.15) is 21.5 Å². The van der Waals surface area contributed by atoms with Gasteiger partial charge in [-0.1, -0.05) is 24.3 Å². The van der Waals surface area contributed by atoms with Crippen LogP contribution in [0.15, 0.2) is 30.3 Å². The van der Waals surface area contributed by atoms with Crippen molar-refractivity contribution in [3.05, 3.63) is 47.0 Å². The topological polar surface area (TPSA) is 20.3 Å². The van der Waals surface area contributed by atoms with Gasteiger partial charge in [-0.25, -0.2) is 0 Å². The third-order valence-electron chi connectivity index (χ3n) is 3.07. The largest absolute Gasteiger partial charge is 0.305 e. The number of hydrogen-bond acceptors (Lipinski definition) is 2. The lowest BCUT2D eigenvalue weighted by atomic mass is 9.95. The van der Waals surface area contributed by atoms with Gasteiger partial charge in [0.05, 0.1) is 0 Å². The van der Waals surface area contributed by atoms with Gasteiger partial charge in [0.2, 0.25) is 0 Å². The van der Waals surface area contributed by atoms with Crippen molar-refractivity contribution in [1.82, 2.24) is 4.90 Å². The minimum atomic E-state index is 0.819. The fourth-order valence-electron chi connectivity index (χ4n) is 2.20. The summed E-state index contributed by atoms with van der Waals surface area (Å²) in [5, 5.41) is 2.18. The Labute approximate surface area is 102 Å². The van der Waals surface area contributed by atoms with Crippen LogP contribution in [0.4, 0.5) is 0 Å². The summed E-state index contributed by atoms with van der Waals surface area (Å²) >= 11 is 0. The van der Waals surface area contributed by atoms with Crippen LogP contribution in [0.2, 0.25) is 0 Å². The first-order valence-corrected chi connectivity index (χ1v) is 5.74. The van der Waals surface area contributed by atoms with E-state index in [2.05, 4.69) is 17.0 Å². The van der Waals surface area contributed by atoms with E-state index < -0.39 is 0 Å². The Morgan fingerprint density at radius 3 is 2.59 bits per heavy atom. The number of fused-ring (bicyclic) bond motifs is 1. The number of hydrogen-bond donors (Lipinski definition) is 0. The fourth-order valence-corrected chi connectivity index (χ4v) is 2.20. The lowest BCUT2D eigenvalue weighted by Gasteiger charge is -2.15. The molecule has 2 rings (SSSR count). The van der Waals surface area contributed by atoms with Gasteiger partial charge >= 0.3 is 0 Å². The SMILES string of the molecule is Cc1c(CN(C)C)cc2ccccc2c1C=O. The molecule has 0 aliphatic rings. The van der Waals surface area contributed by atoms with Gasteiger partial charge in [-0.15, -0.1) is 0 Å². The second kappa shape index (κ2) is 4.68. The van der Waals surface area contributed by atoms with Crippen molar-refractivity contribution in [3.8, 4) is 0 Å². The van der Waals surface area contributed by atoms with Crippen LogP contribution >= 0.6 is 0 Å². The maximum absolute atomic E-state index is 11.3. The van der Waals surface area contributed by atoms with Crippen LogP contribution in [0.25, 0.3) is 10.8 Å². The van der Waals surface area contributed by atoms with Crippen LogP contribution in [0.5, 0.6) is 0 Å². The lowest BCUT2D eigenvalue weighted by molar-refractivity contribution is 0.112. The minimum Gasteiger partial charge on any atom is -0.305 e. The first kappa shape index (κ1) is 11.8. The average Bonchev–Trinajstić information content (AvgIpc) is 2.30. The summed E-state index contributed by atoms with van der Waals surface area (Å²) in [6.45, 7) is 2.88. The van der Waals surface area contributed by atoms with Crippen molar-refractivity contribution in [1.29, 1.82) is 0 Å². The molecule has 0 bridgehead atoms. The molecular weight excluding hydrogens is 210 g/mol. The molecule has 0 aromatic heterocycles. The second-order valence-corrected chi connectivity index (χ2v) is 4.65. The normalized spacial score (nSPS) is 11.1. The quantitative estimate of drug-likeness (QED) is 0.751. The Balaban J connectivity index is 2.71. The van der Waals surface area contributed by atoms with Crippen LogP contribution < -0.4 is 0 Å². The molecule has 2 nitrogen and oxygen atoms in total. The molecule has 0 fully saturated rings. The van der Waals surface area contributed by atoms with E-state index in [4.69, 9.17) is 0 Å². The molecule has 0 unspecified atom stereocenters. The number of carbonyl (C=O) groups excluding carboxylic acids is 1. The highest BCUT2D eigenvalue weighted by molar-refractivity contribution is 6.00. The number of rotatable bonds is 3. The summed E-state index contributed by atoms with van der Waals surface area (Å²) in [6.07, 6.45) is 0.969. The van der Waals surface area contributed by atoms with Gasteiger partial charge in [0.15, 0.2) is 6.29 Å². The zero-order valence-corrected chi connectivity index (χ0v) is 10.5. The average molecular weight is 227 g/mol. The first-order chi connectivity index (χ1) is 8.13. The number of aldehydes is 1. The zero-order valence-electron chi connectivity index (χ0n) is 10.5. The Kier molecular flexibility index (Phi) is 3.25. The molecule has 0 radical (unpaired) electrons. The molecule has 17 heavy (non-hydrogen) atoms. The van der Waals surface area contributed by atoms with Gasteiger partial charge in [0.1, 0.15) is 0 Å². The molecule has 0 spiro atoms. The Morgan fingerprint density at radius 2 is 1.94 bits per heavy atom. The van der Waals surface area contributed by atoms with E-state index in [0.717, 1.165) is 34.7 Å². The minimum absolute atomic E-state index is 0.819. The van der Waals surface area contributed by atoms with Gasteiger partial charge in [-0.2, -0.15) is 0 Å². The van der Waals surface area contributed by atoms with Gasteiger partial charge in [0, 0.05) is 12.1 Å². The van der Waals surface area contributed by atoms with E-state index in [-0.39, 0.29) is 0 Å². The number of carbonyl (C=O) groups is 1. The standard InChI is InChI=1S/C15H17NO/c1-11-13(9-16(2)3)8-12-6-4-5-7-14(12)15(11)10-17/h4-8,10H,9H2,1-3H3. The molecule has 0 N–H and O–H groups in total. The number of benzene rings is 2. The van der Waals surface area contributed by atoms with Crippen molar-refractivity contribution >= 4 is 17.1 Å². The molecule has 0 amide bonds. The van der Waals surface area contributed by atoms with E-state index in [0.29, 0.717) is 0 Å². The summed E-state index contributed by atoms with van der Waals surface area (Å²) < 4.78 is 0. The van der Waals surface area contributed by atoms with Crippen LogP contribution in [-0.4, -0.2) is 25.3 Å².